The Balaban J connectivity index is 1.53. The number of carbonyl (C=O) groups is 2. The number of carbonyl (C=O) groups excluding carboxylic acids is 2. The summed E-state index contributed by atoms with van der Waals surface area (Å²) in [4.78, 5) is 31.8. The molecule has 2 aromatic rings. The molecule has 2 fully saturated rings. The maximum Gasteiger partial charge on any atom is 0.325 e. The van der Waals surface area contributed by atoms with Crippen LogP contribution in [-0.4, -0.2) is 40.5 Å². The molecule has 2 aliphatic rings. The molecule has 2 saturated heterocycles. The summed E-state index contributed by atoms with van der Waals surface area (Å²) >= 11 is 0. The van der Waals surface area contributed by atoms with Crippen LogP contribution in [0.25, 0.3) is 0 Å². The summed E-state index contributed by atoms with van der Waals surface area (Å²) in [5.41, 5.74) is 1.38. The van der Waals surface area contributed by atoms with Gasteiger partial charge in [-0.25, -0.2) is 4.79 Å². The summed E-state index contributed by atoms with van der Waals surface area (Å²) in [7, 11) is 0. The zero-order chi connectivity index (χ0) is 20.1. The lowest BCUT2D eigenvalue weighted by Crippen LogP contribution is -2.55. The number of nitrogens with zero attached hydrogens (tertiary/aromatic N) is 2. The van der Waals surface area contributed by atoms with Crippen molar-refractivity contribution in [3.8, 4) is 0 Å². The Morgan fingerprint density at radius 1 is 1.00 bits per heavy atom. The highest BCUT2D eigenvalue weighted by atomic mass is 16.2. The van der Waals surface area contributed by atoms with Crippen molar-refractivity contribution in [3.63, 3.8) is 0 Å². The molecule has 152 valence electrons. The highest BCUT2D eigenvalue weighted by Crippen LogP contribution is 2.36. The molecule has 4 rings (SSSR count). The summed E-state index contributed by atoms with van der Waals surface area (Å²) in [6.07, 6.45) is 7.62. The van der Waals surface area contributed by atoms with Gasteiger partial charge in [-0.05, 0) is 74.4 Å². The van der Waals surface area contributed by atoms with Crippen molar-refractivity contribution in [2.45, 2.75) is 44.2 Å². The normalized spacial score (nSPS) is 22.7. The van der Waals surface area contributed by atoms with Gasteiger partial charge in [0.25, 0.3) is 5.91 Å². The fourth-order valence-electron chi connectivity index (χ4n) is 4.64. The largest absolute Gasteiger partial charge is 0.325 e. The predicted octanol–water partition coefficient (Wildman–Crippen LogP) is 2.89. The number of aromatic nitrogens is 1. The number of urea groups is 1. The molecule has 3 heterocycles. The Morgan fingerprint density at radius 2 is 1.72 bits per heavy atom. The van der Waals surface area contributed by atoms with E-state index in [0.717, 1.165) is 44.3 Å². The Labute approximate surface area is 171 Å². The Morgan fingerprint density at radius 3 is 2.45 bits per heavy atom. The average molecular weight is 393 g/mol. The van der Waals surface area contributed by atoms with Crippen molar-refractivity contribution in [1.82, 2.24) is 20.5 Å². The molecule has 6 nitrogen and oxygen atoms in total. The van der Waals surface area contributed by atoms with E-state index in [2.05, 4.69) is 27.8 Å². The minimum Gasteiger partial charge on any atom is -0.323 e. The molecule has 29 heavy (non-hydrogen) atoms. The zero-order valence-corrected chi connectivity index (χ0v) is 16.6. The first kappa shape index (κ1) is 19.6. The number of rotatable bonds is 7. The van der Waals surface area contributed by atoms with Gasteiger partial charge in [0.15, 0.2) is 0 Å². The number of hydrogen-bond acceptors (Lipinski definition) is 4. The monoisotopic (exact) mass is 392 g/mol. The van der Waals surface area contributed by atoms with E-state index in [-0.39, 0.29) is 17.9 Å². The Bertz CT molecular complexity index is 836. The number of hydrogen-bond donors (Lipinski definition) is 2. The van der Waals surface area contributed by atoms with Gasteiger partial charge >= 0.3 is 6.03 Å². The van der Waals surface area contributed by atoms with Crippen LogP contribution in [0.4, 0.5) is 4.79 Å². The van der Waals surface area contributed by atoms with Crippen molar-refractivity contribution < 1.29 is 9.59 Å². The molecule has 0 bridgehead atoms. The van der Waals surface area contributed by atoms with E-state index >= 15 is 0 Å². The molecule has 0 unspecified atom stereocenters. The van der Waals surface area contributed by atoms with E-state index in [4.69, 9.17) is 0 Å². The summed E-state index contributed by atoms with van der Waals surface area (Å²) in [5.74, 6) is 0.0951. The SMILES string of the molecule is O=C1N[C@@](CCCc2ccccc2)(C2CCNCC2)C(=O)N1Cc1ccncc1. The molecule has 1 atom stereocenters. The summed E-state index contributed by atoms with van der Waals surface area (Å²) in [6, 6.07) is 13.7. The maximum absolute atomic E-state index is 13.6. The minimum absolute atomic E-state index is 0.0701. The van der Waals surface area contributed by atoms with E-state index < -0.39 is 5.54 Å². The number of pyridine rings is 1. The van der Waals surface area contributed by atoms with Gasteiger partial charge in [-0.1, -0.05) is 30.3 Å². The first-order valence-corrected chi connectivity index (χ1v) is 10.5. The lowest BCUT2D eigenvalue weighted by Gasteiger charge is -2.38. The summed E-state index contributed by atoms with van der Waals surface area (Å²) in [5, 5.41) is 6.51. The van der Waals surface area contributed by atoms with E-state index in [1.807, 2.05) is 30.3 Å². The smallest absolute Gasteiger partial charge is 0.323 e. The number of imide groups is 1. The fraction of sp³-hybridized carbons (Fsp3) is 0.435. The van der Waals surface area contributed by atoms with Crippen LogP contribution >= 0.6 is 0 Å². The minimum atomic E-state index is -0.791. The second-order valence-corrected chi connectivity index (χ2v) is 8.01. The first-order valence-electron chi connectivity index (χ1n) is 10.5. The van der Waals surface area contributed by atoms with Crippen LogP contribution in [0.2, 0.25) is 0 Å². The molecule has 3 amide bonds. The molecular formula is C23H28N4O2. The standard InChI is InChI=1S/C23H28N4O2/c28-21-23(20-10-15-25-16-11-20,12-4-7-18-5-2-1-3-6-18)26-22(29)27(21)17-19-8-13-24-14-9-19/h1-3,5-6,8-9,13-14,20,25H,4,7,10-12,15-17H2,(H,26,29)/t23-/m0/s1. The van der Waals surface area contributed by atoms with Crippen LogP contribution in [0, 0.1) is 5.92 Å². The molecule has 1 aromatic carbocycles. The van der Waals surface area contributed by atoms with Crippen molar-refractivity contribution >= 4 is 11.9 Å². The second-order valence-electron chi connectivity index (χ2n) is 8.01. The number of amides is 3. The van der Waals surface area contributed by atoms with E-state index in [0.29, 0.717) is 13.0 Å². The van der Waals surface area contributed by atoms with Crippen molar-refractivity contribution in [1.29, 1.82) is 0 Å². The van der Waals surface area contributed by atoms with Gasteiger partial charge in [-0.15, -0.1) is 0 Å². The lowest BCUT2D eigenvalue weighted by molar-refractivity contribution is -0.134. The van der Waals surface area contributed by atoms with Gasteiger partial charge in [0.05, 0.1) is 6.54 Å². The molecule has 2 aliphatic heterocycles. The van der Waals surface area contributed by atoms with E-state index in [1.54, 1.807) is 12.4 Å². The molecule has 1 aromatic heterocycles. The van der Waals surface area contributed by atoms with Crippen LogP contribution in [0.5, 0.6) is 0 Å². The van der Waals surface area contributed by atoms with Crippen molar-refractivity contribution in [2.75, 3.05) is 13.1 Å². The van der Waals surface area contributed by atoms with Gasteiger partial charge in [0.1, 0.15) is 5.54 Å². The van der Waals surface area contributed by atoms with Gasteiger partial charge in [-0.2, -0.15) is 0 Å². The Hall–Kier alpha value is -2.73. The molecule has 2 N–H and O–H groups in total. The zero-order valence-electron chi connectivity index (χ0n) is 16.6. The van der Waals surface area contributed by atoms with Crippen LogP contribution in [0.1, 0.15) is 36.8 Å². The third-order valence-electron chi connectivity index (χ3n) is 6.21. The number of nitrogens with one attached hydrogen (secondary N) is 2. The quantitative estimate of drug-likeness (QED) is 0.711. The topological polar surface area (TPSA) is 74.3 Å². The van der Waals surface area contributed by atoms with Crippen molar-refractivity contribution in [2.24, 2.45) is 5.92 Å². The third kappa shape index (κ3) is 4.17. The number of benzene rings is 1. The van der Waals surface area contributed by atoms with Gasteiger partial charge in [0, 0.05) is 12.4 Å². The predicted molar refractivity (Wildman–Crippen MR) is 111 cm³/mol. The van der Waals surface area contributed by atoms with E-state index in [9.17, 15) is 9.59 Å². The first-order chi connectivity index (χ1) is 14.2. The highest BCUT2D eigenvalue weighted by molar-refractivity contribution is 6.07. The van der Waals surface area contributed by atoms with Gasteiger partial charge < -0.3 is 10.6 Å². The molecule has 0 radical (unpaired) electrons. The third-order valence-corrected chi connectivity index (χ3v) is 6.21. The fourth-order valence-corrected chi connectivity index (χ4v) is 4.64. The molecular weight excluding hydrogens is 364 g/mol. The number of piperidine rings is 1. The molecule has 0 saturated carbocycles. The van der Waals surface area contributed by atoms with Crippen molar-refractivity contribution in [3.05, 3.63) is 66.0 Å². The maximum atomic E-state index is 13.6. The van der Waals surface area contributed by atoms with Gasteiger partial charge in [-0.3, -0.25) is 14.7 Å². The second kappa shape index (κ2) is 8.74. The summed E-state index contributed by atoms with van der Waals surface area (Å²) in [6.45, 7) is 2.07. The molecule has 6 heteroatoms. The Kier molecular flexibility index (Phi) is 5.90. The van der Waals surface area contributed by atoms with Crippen LogP contribution < -0.4 is 10.6 Å². The van der Waals surface area contributed by atoms with E-state index in [1.165, 1.54) is 10.5 Å². The summed E-state index contributed by atoms with van der Waals surface area (Å²) < 4.78 is 0. The lowest BCUT2D eigenvalue weighted by atomic mass is 9.74. The van der Waals surface area contributed by atoms with Crippen LogP contribution in [0.15, 0.2) is 54.9 Å². The molecule has 0 spiro atoms. The van der Waals surface area contributed by atoms with Crippen LogP contribution in [0.3, 0.4) is 0 Å². The van der Waals surface area contributed by atoms with Crippen LogP contribution in [-0.2, 0) is 17.8 Å². The molecule has 0 aliphatic carbocycles. The average Bonchev–Trinajstić information content (AvgIpc) is 3.01. The number of aryl methyl sites for hydroxylation is 1. The highest BCUT2D eigenvalue weighted by Gasteiger charge is 2.54. The van der Waals surface area contributed by atoms with Gasteiger partial charge in [0.2, 0.25) is 0 Å².